The van der Waals surface area contributed by atoms with E-state index in [1.54, 1.807) is 6.92 Å². The van der Waals surface area contributed by atoms with E-state index < -0.39 is 11.4 Å². The summed E-state index contributed by atoms with van der Waals surface area (Å²) >= 11 is 0. The molecule has 1 amide bonds. The third-order valence-corrected chi connectivity index (χ3v) is 2.75. The van der Waals surface area contributed by atoms with Gasteiger partial charge in [0.25, 0.3) is 0 Å². The van der Waals surface area contributed by atoms with Gasteiger partial charge in [-0.25, -0.2) is 0 Å². The molecule has 1 aliphatic heterocycles. The number of hydrogen-bond donors (Lipinski definition) is 2. The average molecular weight is 229 g/mol. The number of ether oxygens (including phenoxy) is 1. The summed E-state index contributed by atoms with van der Waals surface area (Å²) in [6.07, 6.45) is 0.146. The maximum atomic E-state index is 11.2. The number of nitrogens with two attached hydrogens (primary N) is 2. The molecule has 1 saturated heterocycles. The Morgan fingerprint density at radius 1 is 1.62 bits per heavy atom. The predicted octanol–water partition coefficient (Wildman–Crippen LogP) is -0.312. The molecule has 0 aromatic heterocycles. The summed E-state index contributed by atoms with van der Waals surface area (Å²) in [5.74, 6) is -0.468. The second-order valence-electron chi connectivity index (χ2n) is 5.64. The van der Waals surface area contributed by atoms with Crippen molar-refractivity contribution in [1.29, 1.82) is 0 Å². The number of rotatable bonds is 3. The Balaban J connectivity index is 2.64. The lowest BCUT2D eigenvalue weighted by Gasteiger charge is -2.43. The Morgan fingerprint density at radius 2 is 2.19 bits per heavy atom. The zero-order valence-electron chi connectivity index (χ0n) is 10.6. The van der Waals surface area contributed by atoms with Crippen molar-refractivity contribution in [1.82, 2.24) is 4.90 Å². The van der Waals surface area contributed by atoms with Crippen LogP contribution in [-0.2, 0) is 9.53 Å². The maximum absolute atomic E-state index is 11.2. The standard InChI is InChI=1S/C11H23N3O2/c1-8-5-14(6-10(2,3)16-8)7-11(4,13)9(12)15/h8H,5-7,13H2,1-4H3,(H2,12,15). The fourth-order valence-corrected chi connectivity index (χ4v) is 2.25. The molecule has 1 rings (SSSR count). The molecule has 1 fully saturated rings. The van der Waals surface area contributed by atoms with Crippen molar-refractivity contribution in [2.75, 3.05) is 19.6 Å². The van der Waals surface area contributed by atoms with Gasteiger partial charge in [0.05, 0.1) is 11.7 Å². The topological polar surface area (TPSA) is 81.6 Å². The molecule has 0 spiro atoms. The van der Waals surface area contributed by atoms with Gasteiger partial charge in [-0.05, 0) is 27.7 Å². The van der Waals surface area contributed by atoms with Crippen LogP contribution < -0.4 is 11.5 Å². The highest BCUT2D eigenvalue weighted by atomic mass is 16.5. The molecule has 16 heavy (non-hydrogen) atoms. The number of morpholine rings is 1. The van der Waals surface area contributed by atoms with Crippen LogP contribution >= 0.6 is 0 Å². The second-order valence-corrected chi connectivity index (χ2v) is 5.64. The lowest BCUT2D eigenvalue weighted by Crippen LogP contribution is -2.61. The minimum atomic E-state index is -0.979. The molecule has 0 aromatic rings. The van der Waals surface area contributed by atoms with Crippen LogP contribution in [0.5, 0.6) is 0 Å². The number of carbonyl (C=O) groups excluding carboxylic acids is 1. The van der Waals surface area contributed by atoms with E-state index >= 15 is 0 Å². The van der Waals surface area contributed by atoms with Gasteiger partial charge < -0.3 is 16.2 Å². The second kappa shape index (κ2) is 4.31. The van der Waals surface area contributed by atoms with Crippen molar-refractivity contribution < 1.29 is 9.53 Å². The summed E-state index contributed by atoms with van der Waals surface area (Å²) in [5.41, 5.74) is 9.95. The molecule has 0 bridgehead atoms. The zero-order chi connectivity index (χ0) is 12.6. The normalized spacial score (nSPS) is 29.7. The van der Waals surface area contributed by atoms with Gasteiger partial charge in [-0.1, -0.05) is 0 Å². The van der Waals surface area contributed by atoms with Gasteiger partial charge in [0.15, 0.2) is 0 Å². The fourth-order valence-electron chi connectivity index (χ4n) is 2.25. The van der Waals surface area contributed by atoms with Crippen LogP contribution in [0.4, 0.5) is 0 Å². The highest BCUT2D eigenvalue weighted by Gasteiger charge is 2.36. The van der Waals surface area contributed by atoms with Crippen molar-refractivity contribution in [2.24, 2.45) is 11.5 Å². The molecule has 2 atom stereocenters. The molecule has 94 valence electrons. The van der Waals surface area contributed by atoms with E-state index in [1.807, 2.05) is 20.8 Å². The summed E-state index contributed by atoms with van der Waals surface area (Å²) < 4.78 is 5.78. The third-order valence-electron chi connectivity index (χ3n) is 2.75. The SMILES string of the molecule is CC1CN(CC(C)(N)C(N)=O)CC(C)(C)O1. The van der Waals surface area contributed by atoms with E-state index in [-0.39, 0.29) is 11.7 Å². The molecule has 5 heteroatoms. The zero-order valence-corrected chi connectivity index (χ0v) is 10.6. The van der Waals surface area contributed by atoms with E-state index in [4.69, 9.17) is 16.2 Å². The Kier molecular flexibility index (Phi) is 3.62. The van der Waals surface area contributed by atoms with Crippen LogP contribution in [0.1, 0.15) is 27.7 Å². The van der Waals surface area contributed by atoms with Gasteiger partial charge in [0.2, 0.25) is 5.91 Å². The first kappa shape index (κ1) is 13.4. The van der Waals surface area contributed by atoms with E-state index in [2.05, 4.69) is 4.90 Å². The summed E-state index contributed by atoms with van der Waals surface area (Å²) in [6.45, 7) is 9.77. The van der Waals surface area contributed by atoms with Crippen molar-refractivity contribution in [3.8, 4) is 0 Å². The summed E-state index contributed by atoms with van der Waals surface area (Å²) in [7, 11) is 0. The number of primary amides is 1. The van der Waals surface area contributed by atoms with Gasteiger partial charge in [0, 0.05) is 19.6 Å². The summed E-state index contributed by atoms with van der Waals surface area (Å²) in [5, 5.41) is 0. The van der Waals surface area contributed by atoms with Gasteiger partial charge >= 0.3 is 0 Å². The third kappa shape index (κ3) is 3.43. The molecule has 5 nitrogen and oxygen atoms in total. The maximum Gasteiger partial charge on any atom is 0.238 e. The molecule has 0 aromatic carbocycles. The first-order valence-corrected chi connectivity index (χ1v) is 5.61. The first-order valence-electron chi connectivity index (χ1n) is 5.61. The van der Waals surface area contributed by atoms with Crippen LogP contribution in [0.3, 0.4) is 0 Å². The van der Waals surface area contributed by atoms with Crippen LogP contribution in [0.15, 0.2) is 0 Å². The Morgan fingerprint density at radius 3 is 2.62 bits per heavy atom. The van der Waals surface area contributed by atoms with Gasteiger partial charge in [-0.15, -0.1) is 0 Å². The summed E-state index contributed by atoms with van der Waals surface area (Å²) in [4.78, 5) is 13.3. The van der Waals surface area contributed by atoms with Crippen molar-refractivity contribution in [3.63, 3.8) is 0 Å². The van der Waals surface area contributed by atoms with Gasteiger partial charge in [0.1, 0.15) is 5.54 Å². The van der Waals surface area contributed by atoms with E-state index in [0.717, 1.165) is 13.1 Å². The fraction of sp³-hybridized carbons (Fsp3) is 0.909. The van der Waals surface area contributed by atoms with Gasteiger partial charge in [-0.2, -0.15) is 0 Å². The number of nitrogens with zero attached hydrogens (tertiary/aromatic N) is 1. The Hall–Kier alpha value is -0.650. The molecule has 0 aliphatic carbocycles. The molecule has 0 radical (unpaired) electrons. The highest BCUT2D eigenvalue weighted by molar-refractivity contribution is 5.84. The van der Waals surface area contributed by atoms with Crippen LogP contribution in [0.25, 0.3) is 0 Å². The molecular weight excluding hydrogens is 206 g/mol. The van der Waals surface area contributed by atoms with Crippen molar-refractivity contribution in [3.05, 3.63) is 0 Å². The minimum Gasteiger partial charge on any atom is -0.370 e. The molecule has 2 unspecified atom stereocenters. The quantitative estimate of drug-likeness (QED) is 0.695. The average Bonchev–Trinajstić information content (AvgIpc) is 1.97. The van der Waals surface area contributed by atoms with E-state index in [0.29, 0.717) is 6.54 Å². The molecular formula is C11H23N3O2. The lowest BCUT2D eigenvalue weighted by atomic mass is 9.99. The van der Waals surface area contributed by atoms with Crippen molar-refractivity contribution >= 4 is 5.91 Å². The highest BCUT2D eigenvalue weighted by Crippen LogP contribution is 2.21. The minimum absolute atomic E-state index is 0.146. The van der Waals surface area contributed by atoms with E-state index in [1.165, 1.54) is 0 Å². The van der Waals surface area contributed by atoms with E-state index in [9.17, 15) is 4.79 Å². The van der Waals surface area contributed by atoms with Crippen LogP contribution in [0.2, 0.25) is 0 Å². The number of amides is 1. The predicted molar refractivity (Wildman–Crippen MR) is 62.9 cm³/mol. The van der Waals surface area contributed by atoms with Crippen molar-refractivity contribution in [2.45, 2.75) is 44.9 Å². The Labute approximate surface area is 97.1 Å². The van der Waals surface area contributed by atoms with Crippen LogP contribution in [0, 0.1) is 0 Å². The van der Waals surface area contributed by atoms with Gasteiger partial charge in [-0.3, -0.25) is 9.69 Å². The largest absolute Gasteiger partial charge is 0.370 e. The Bertz CT molecular complexity index is 276. The molecule has 1 aliphatic rings. The smallest absolute Gasteiger partial charge is 0.238 e. The monoisotopic (exact) mass is 229 g/mol. The molecule has 4 N–H and O–H groups in total. The number of hydrogen-bond acceptors (Lipinski definition) is 4. The lowest BCUT2D eigenvalue weighted by molar-refractivity contribution is -0.137. The molecule has 1 heterocycles. The molecule has 0 saturated carbocycles. The number of carbonyl (C=O) groups is 1. The first-order chi connectivity index (χ1) is 7.12. The summed E-state index contributed by atoms with van der Waals surface area (Å²) in [6, 6.07) is 0. The van der Waals surface area contributed by atoms with Crippen LogP contribution in [-0.4, -0.2) is 47.7 Å².